The molecule has 0 aliphatic carbocycles. The maximum absolute atomic E-state index is 12.3. The van der Waals surface area contributed by atoms with E-state index in [2.05, 4.69) is 25.3 Å². The number of carbonyl (C=O) groups excluding carboxylic acids is 1. The summed E-state index contributed by atoms with van der Waals surface area (Å²) in [6.45, 7) is 0. The van der Waals surface area contributed by atoms with Crippen molar-refractivity contribution in [2.75, 3.05) is 15.4 Å². The van der Waals surface area contributed by atoms with Crippen LogP contribution in [0.4, 0.5) is 21.3 Å². The Bertz CT molecular complexity index is 1250. The molecule has 29 heavy (non-hydrogen) atoms. The molecular weight excluding hydrogens is 410 g/mol. The number of anilines is 3. The van der Waals surface area contributed by atoms with Crippen LogP contribution in [0.25, 0.3) is 10.9 Å². The average molecular weight is 425 g/mol. The zero-order valence-corrected chi connectivity index (χ0v) is 16.5. The lowest BCUT2D eigenvalue weighted by molar-refractivity contribution is 0.262. The minimum atomic E-state index is -3.74. The smallest absolute Gasteiger partial charge is 0.308 e. The molecule has 0 saturated heterocycles. The zero-order valence-electron chi connectivity index (χ0n) is 14.9. The molecule has 8 nitrogen and oxygen atoms in total. The average Bonchev–Trinajstić information content (AvgIpc) is 3.21. The predicted molar refractivity (Wildman–Crippen MR) is 114 cm³/mol. The molecule has 0 saturated carbocycles. The monoisotopic (exact) mass is 425 g/mol. The van der Waals surface area contributed by atoms with Crippen molar-refractivity contribution < 1.29 is 13.2 Å². The minimum Gasteiger partial charge on any atom is -0.308 e. The summed E-state index contributed by atoms with van der Waals surface area (Å²) in [6, 6.07) is 14.5. The molecule has 2 aromatic carbocycles. The zero-order chi connectivity index (χ0) is 20.3. The van der Waals surface area contributed by atoms with Gasteiger partial charge in [0.25, 0.3) is 10.0 Å². The van der Waals surface area contributed by atoms with Crippen molar-refractivity contribution >= 4 is 54.8 Å². The molecule has 0 radical (unpaired) electrons. The Morgan fingerprint density at radius 2 is 1.72 bits per heavy atom. The number of thiazole rings is 1. The first-order chi connectivity index (χ1) is 14.0. The van der Waals surface area contributed by atoms with Gasteiger partial charge in [0.1, 0.15) is 0 Å². The normalized spacial score (nSPS) is 11.2. The largest absolute Gasteiger partial charge is 0.323 e. The highest BCUT2D eigenvalue weighted by Gasteiger charge is 2.15. The highest BCUT2D eigenvalue weighted by Crippen LogP contribution is 2.22. The fourth-order valence-corrected chi connectivity index (χ4v) is 4.45. The summed E-state index contributed by atoms with van der Waals surface area (Å²) in [5, 5.41) is 8.25. The molecule has 4 rings (SSSR count). The third-order valence-corrected chi connectivity index (χ3v) is 6.14. The molecule has 0 aliphatic heterocycles. The van der Waals surface area contributed by atoms with E-state index in [0.717, 1.165) is 10.9 Å². The van der Waals surface area contributed by atoms with Crippen molar-refractivity contribution in [2.45, 2.75) is 4.90 Å². The van der Waals surface area contributed by atoms with Crippen LogP contribution < -0.4 is 15.4 Å². The molecule has 0 spiro atoms. The van der Waals surface area contributed by atoms with Crippen molar-refractivity contribution in [3.63, 3.8) is 0 Å². The lowest BCUT2D eigenvalue weighted by Crippen LogP contribution is -2.19. The lowest BCUT2D eigenvalue weighted by atomic mass is 10.2. The number of nitrogens with zero attached hydrogens (tertiary/aromatic N) is 2. The molecule has 2 amide bonds. The molecule has 0 aliphatic rings. The predicted octanol–water partition coefficient (Wildman–Crippen LogP) is 4.14. The number of amides is 2. The Balaban J connectivity index is 1.45. The number of urea groups is 1. The van der Waals surface area contributed by atoms with E-state index in [0.29, 0.717) is 11.4 Å². The van der Waals surface area contributed by atoms with Gasteiger partial charge in [-0.15, -0.1) is 11.3 Å². The van der Waals surface area contributed by atoms with Gasteiger partial charge in [-0.25, -0.2) is 18.2 Å². The third kappa shape index (κ3) is 4.33. The van der Waals surface area contributed by atoms with E-state index in [9.17, 15) is 13.2 Å². The third-order valence-electron chi connectivity index (χ3n) is 3.97. The van der Waals surface area contributed by atoms with E-state index in [1.54, 1.807) is 29.8 Å². The molecule has 2 aromatic heterocycles. The second kappa shape index (κ2) is 7.86. The van der Waals surface area contributed by atoms with E-state index < -0.39 is 16.1 Å². The first kappa shape index (κ1) is 18.8. The Hall–Kier alpha value is -3.50. The Morgan fingerprint density at radius 3 is 2.48 bits per heavy atom. The molecule has 0 fully saturated rings. The highest BCUT2D eigenvalue weighted by molar-refractivity contribution is 7.93. The van der Waals surface area contributed by atoms with Gasteiger partial charge >= 0.3 is 6.03 Å². The second-order valence-electron chi connectivity index (χ2n) is 5.92. The van der Waals surface area contributed by atoms with Gasteiger partial charge in [0.15, 0.2) is 5.13 Å². The van der Waals surface area contributed by atoms with E-state index in [1.807, 2.05) is 12.1 Å². The van der Waals surface area contributed by atoms with Gasteiger partial charge in [0, 0.05) is 28.8 Å². The number of nitrogens with one attached hydrogen (secondary N) is 3. The summed E-state index contributed by atoms with van der Waals surface area (Å²) in [5.41, 5.74) is 1.85. The van der Waals surface area contributed by atoms with E-state index in [1.165, 1.54) is 41.8 Å². The number of pyridine rings is 1. The van der Waals surface area contributed by atoms with Crippen molar-refractivity contribution in [3.05, 3.63) is 72.4 Å². The number of sulfonamides is 1. The van der Waals surface area contributed by atoms with Gasteiger partial charge in [-0.1, -0.05) is 6.07 Å². The summed E-state index contributed by atoms with van der Waals surface area (Å²) in [6.07, 6.45) is 3.20. The second-order valence-corrected chi connectivity index (χ2v) is 8.50. The minimum absolute atomic E-state index is 0.0683. The van der Waals surface area contributed by atoms with E-state index in [-0.39, 0.29) is 10.0 Å². The quantitative estimate of drug-likeness (QED) is 0.445. The number of fused-ring (bicyclic) bond motifs is 1. The van der Waals surface area contributed by atoms with Crippen molar-refractivity contribution in [1.82, 2.24) is 9.97 Å². The molecule has 3 N–H and O–H groups in total. The maximum atomic E-state index is 12.3. The van der Waals surface area contributed by atoms with Crippen LogP contribution in [0.5, 0.6) is 0 Å². The summed E-state index contributed by atoms with van der Waals surface area (Å²) in [5.74, 6) is 0. The van der Waals surface area contributed by atoms with Gasteiger partial charge in [-0.3, -0.25) is 9.71 Å². The Labute approximate surface area is 170 Å². The molecule has 146 valence electrons. The molecule has 0 unspecified atom stereocenters. The van der Waals surface area contributed by atoms with Crippen molar-refractivity contribution in [2.24, 2.45) is 0 Å². The van der Waals surface area contributed by atoms with Gasteiger partial charge in [0.05, 0.1) is 16.1 Å². The van der Waals surface area contributed by atoms with Gasteiger partial charge < -0.3 is 10.6 Å². The van der Waals surface area contributed by atoms with Crippen LogP contribution in [0.2, 0.25) is 0 Å². The molecular formula is C19H15N5O3S2. The van der Waals surface area contributed by atoms with Crippen LogP contribution in [-0.4, -0.2) is 24.4 Å². The van der Waals surface area contributed by atoms with E-state index in [4.69, 9.17) is 0 Å². The van der Waals surface area contributed by atoms with Gasteiger partial charge in [0.2, 0.25) is 0 Å². The van der Waals surface area contributed by atoms with Gasteiger partial charge in [-0.05, 0) is 48.5 Å². The van der Waals surface area contributed by atoms with Crippen LogP contribution in [0, 0.1) is 0 Å². The van der Waals surface area contributed by atoms with Crippen LogP contribution in [-0.2, 0) is 10.0 Å². The molecule has 0 bridgehead atoms. The highest BCUT2D eigenvalue weighted by atomic mass is 32.2. The fourth-order valence-electron chi connectivity index (χ4n) is 2.66. The van der Waals surface area contributed by atoms with Crippen LogP contribution in [0.3, 0.4) is 0 Å². The Morgan fingerprint density at radius 1 is 0.897 bits per heavy atom. The maximum Gasteiger partial charge on any atom is 0.323 e. The topological polar surface area (TPSA) is 113 Å². The molecule has 2 heterocycles. The summed E-state index contributed by atoms with van der Waals surface area (Å²) in [4.78, 5) is 20.6. The Kier molecular flexibility index (Phi) is 5.10. The number of hydrogen-bond acceptors (Lipinski definition) is 6. The standard InChI is InChI=1S/C19H15N5O3S2/c25-18(23-17-5-1-4-16-15(17)3-2-10-20-16)22-13-6-8-14(9-7-13)29(26,27)24-19-21-11-12-28-19/h1-12H,(H,21,24)(H2,22,23,25). The van der Waals surface area contributed by atoms with Gasteiger partial charge in [-0.2, -0.15) is 0 Å². The van der Waals surface area contributed by atoms with E-state index >= 15 is 0 Å². The number of rotatable bonds is 5. The van der Waals surface area contributed by atoms with Crippen LogP contribution >= 0.6 is 11.3 Å². The fraction of sp³-hybridized carbons (Fsp3) is 0. The summed E-state index contributed by atoms with van der Waals surface area (Å²) in [7, 11) is -3.74. The first-order valence-electron chi connectivity index (χ1n) is 8.45. The molecule has 10 heteroatoms. The molecule has 4 aromatic rings. The molecule has 0 atom stereocenters. The summed E-state index contributed by atoms with van der Waals surface area (Å²) < 4.78 is 27.1. The number of benzene rings is 2. The van der Waals surface area contributed by atoms with Crippen molar-refractivity contribution in [3.8, 4) is 0 Å². The van der Waals surface area contributed by atoms with Crippen LogP contribution in [0.15, 0.2) is 77.3 Å². The number of hydrogen-bond donors (Lipinski definition) is 3. The first-order valence-corrected chi connectivity index (χ1v) is 10.8. The number of carbonyl (C=O) groups is 1. The lowest BCUT2D eigenvalue weighted by Gasteiger charge is -2.10. The van der Waals surface area contributed by atoms with Crippen LogP contribution in [0.1, 0.15) is 0 Å². The summed E-state index contributed by atoms with van der Waals surface area (Å²) >= 11 is 1.19. The SMILES string of the molecule is O=C(Nc1ccc(S(=O)(=O)Nc2nccs2)cc1)Nc1cccc2ncccc12. The van der Waals surface area contributed by atoms with Crippen molar-refractivity contribution in [1.29, 1.82) is 0 Å². The number of aromatic nitrogens is 2.